The van der Waals surface area contributed by atoms with Crippen LogP contribution in [0.1, 0.15) is 9.67 Å². The molecule has 16 heavy (non-hydrogen) atoms. The summed E-state index contributed by atoms with van der Waals surface area (Å²) in [6, 6.07) is 1.54. The molecule has 0 aliphatic heterocycles. The Labute approximate surface area is 104 Å². The molecule has 0 unspecified atom stereocenters. The Kier molecular flexibility index (Phi) is 3.09. The van der Waals surface area contributed by atoms with Crippen molar-refractivity contribution in [2.45, 2.75) is 0 Å². The van der Waals surface area contributed by atoms with Gasteiger partial charge >= 0.3 is 5.97 Å². The normalized spacial score (nSPS) is 10.4. The van der Waals surface area contributed by atoms with Crippen LogP contribution in [0.25, 0.3) is 10.7 Å². The zero-order valence-corrected chi connectivity index (χ0v) is 9.97. The third kappa shape index (κ3) is 2.16. The summed E-state index contributed by atoms with van der Waals surface area (Å²) in [5.41, 5.74) is 0.434. The fourth-order valence-electron chi connectivity index (χ4n) is 1.05. The molecule has 2 rings (SSSR count). The largest absolute Gasteiger partial charge is 0.477 e. The van der Waals surface area contributed by atoms with Gasteiger partial charge in [0.15, 0.2) is 0 Å². The van der Waals surface area contributed by atoms with Gasteiger partial charge in [0.1, 0.15) is 15.6 Å². The molecule has 7 heteroatoms. The Hall–Kier alpha value is -1.17. The third-order valence-electron chi connectivity index (χ3n) is 1.73. The number of hydrogen-bond acceptors (Lipinski definition) is 4. The van der Waals surface area contributed by atoms with Crippen LogP contribution in [-0.4, -0.2) is 21.0 Å². The van der Waals surface area contributed by atoms with Crippen LogP contribution in [0.15, 0.2) is 18.5 Å². The number of carbonyl (C=O) groups is 1. The monoisotopic (exact) mass is 274 g/mol. The van der Waals surface area contributed by atoms with Gasteiger partial charge in [0.2, 0.25) is 0 Å². The van der Waals surface area contributed by atoms with E-state index in [0.717, 1.165) is 11.3 Å². The van der Waals surface area contributed by atoms with Crippen molar-refractivity contribution in [2.75, 3.05) is 0 Å². The minimum atomic E-state index is -1.02. The van der Waals surface area contributed by atoms with E-state index in [1.165, 1.54) is 18.5 Å². The van der Waals surface area contributed by atoms with E-state index in [2.05, 4.69) is 9.97 Å². The van der Waals surface area contributed by atoms with Crippen molar-refractivity contribution in [3.8, 4) is 10.7 Å². The smallest absolute Gasteiger partial charge is 0.347 e. The molecule has 0 aliphatic carbocycles. The van der Waals surface area contributed by atoms with Gasteiger partial charge in [-0.25, -0.2) is 9.78 Å². The highest BCUT2D eigenvalue weighted by atomic mass is 35.5. The number of carboxylic acids is 1. The molecule has 1 N–H and O–H groups in total. The summed E-state index contributed by atoms with van der Waals surface area (Å²) < 4.78 is 0. The van der Waals surface area contributed by atoms with Crippen LogP contribution in [0.4, 0.5) is 0 Å². The third-order valence-corrected chi connectivity index (χ3v) is 3.21. The summed E-state index contributed by atoms with van der Waals surface area (Å²) in [5.74, 6) is -1.02. The Morgan fingerprint density at radius 2 is 2.06 bits per heavy atom. The minimum Gasteiger partial charge on any atom is -0.477 e. The second-order valence-corrected chi connectivity index (χ2v) is 4.69. The molecule has 0 aromatic carbocycles. The lowest BCUT2D eigenvalue weighted by molar-refractivity contribution is 0.0702. The van der Waals surface area contributed by atoms with E-state index in [-0.39, 0.29) is 4.88 Å². The molecule has 0 atom stereocenters. The highest BCUT2D eigenvalue weighted by Gasteiger charge is 2.13. The lowest BCUT2D eigenvalue weighted by Crippen LogP contribution is -1.89. The number of thiazole rings is 1. The molecular formula is C9H4Cl2N2O2S. The van der Waals surface area contributed by atoms with Gasteiger partial charge in [0.05, 0.1) is 16.2 Å². The predicted octanol–water partition coefficient (Wildman–Crippen LogP) is 3.21. The highest BCUT2D eigenvalue weighted by Crippen LogP contribution is 2.30. The van der Waals surface area contributed by atoms with Crippen molar-refractivity contribution < 1.29 is 9.90 Å². The molecular weight excluding hydrogens is 271 g/mol. The average molecular weight is 275 g/mol. The van der Waals surface area contributed by atoms with Crippen LogP contribution in [0.5, 0.6) is 0 Å². The fraction of sp³-hybridized carbons (Fsp3) is 0. The molecule has 2 aromatic heterocycles. The topological polar surface area (TPSA) is 63.1 Å². The van der Waals surface area contributed by atoms with Crippen LogP contribution in [0.2, 0.25) is 10.0 Å². The standard InChI is InChI=1S/C9H4Cl2N2O2S/c10-4-1-5(11)7(12-2-4)8-13-3-6(16-8)9(14)15/h1-3H,(H,14,15). The average Bonchev–Trinajstić information content (AvgIpc) is 2.66. The summed E-state index contributed by atoms with van der Waals surface area (Å²) in [7, 11) is 0. The first-order chi connectivity index (χ1) is 7.58. The molecule has 0 amide bonds. The number of carboxylic acid groups (broad SMARTS) is 1. The van der Waals surface area contributed by atoms with Gasteiger partial charge in [-0.1, -0.05) is 23.2 Å². The maximum Gasteiger partial charge on any atom is 0.347 e. The summed E-state index contributed by atoms with van der Waals surface area (Å²) in [6.45, 7) is 0. The molecule has 0 aliphatic rings. The Balaban J connectivity index is 2.46. The first-order valence-corrected chi connectivity index (χ1v) is 5.65. The second-order valence-electron chi connectivity index (χ2n) is 2.82. The number of aromatic nitrogens is 2. The first-order valence-electron chi connectivity index (χ1n) is 4.08. The molecule has 0 fully saturated rings. The molecule has 0 saturated heterocycles. The molecule has 0 spiro atoms. The van der Waals surface area contributed by atoms with Gasteiger partial charge in [-0.15, -0.1) is 11.3 Å². The number of halogens is 2. The van der Waals surface area contributed by atoms with Gasteiger partial charge in [0, 0.05) is 6.20 Å². The van der Waals surface area contributed by atoms with Gasteiger partial charge in [-0.05, 0) is 6.07 Å². The number of nitrogens with zero attached hydrogens (tertiary/aromatic N) is 2. The van der Waals surface area contributed by atoms with E-state index >= 15 is 0 Å². The van der Waals surface area contributed by atoms with Gasteiger partial charge in [0.25, 0.3) is 0 Å². The van der Waals surface area contributed by atoms with E-state index in [0.29, 0.717) is 20.7 Å². The van der Waals surface area contributed by atoms with Crippen molar-refractivity contribution in [2.24, 2.45) is 0 Å². The van der Waals surface area contributed by atoms with Crippen molar-refractivity contribution in [1.82, 2.24) is 9.97 Å². The maximum absolute atomic E-state index is 10.7. The van der Waals surface area contributed by atoms with Crippen LogP contribution in [0.3, 0.4) is 0 Å². The quantitative estimate of drug-likeness (QED) is 0.914. The SMILES string of the molecule is O=C(O)c1cnc(-c2ncc(Cl)cc2Cl)s1. The Morgan fingerprint density at radius 3 is 2.62 bits per heavy atom. The van der Waals surface area contributed by atoms with Crippen LogP contribution in [0, 0.1) is 0 Å². The Bertz CT molecular complexity index is 556. The van der Waals surface area contributed by atoms with Crippen molar-refractivity contribution >= 4 is 40.5 Å². The zero-order chi connectivity index (χ0) is 11.7. The predicted molar refractivity (Wildman–Crippen MR) is 62.3 cm³/mol. The number of pyridine rings is 1. The van der Waals surface area contributed by atoms with Crippen LogP contribution in [-0.2, 0) is 0 Å². The highest BCUT2D eigenvalue weighted by molar-refractivity contribution is 7.16. The maximum atomic E-state index is 10.7. The summed E-state index contributed by atoms with van der Waals surface area (Å²) in [4.78, 5) is 18.8. The van der Waals surface area contributed by atoms with Crippen LogP contribution >= 0.6 is 34.5 Å². The Morgan fingerprint density at radius 1 is 1.31 bits per heavy atom. The van der Waals surface area contributed by atoms with E-state index in [1.807, 2.05) is 0 Å². The summed E-state index contributed by atoms with van der Waals surface area (Å²) in [5, 5.41) is 9.98. The van der Waals surface area contributed by atoms with Gasteiger partial charge < -0.3 is 5.11 Å². The van der Waals surface area contributed by atoms with Crippen molar-refractivity contribution in [3.05, 3.63) is 33.4 Å². The minimum absolute atomic E-state index is 0.141. The van der Waals surface area contributed by atoms with E-state index < -0.39 is 5.97 Å². The summed E-state index contributed by atoms with van der Waals surface area (Å²) in [6.07, 6.45) is 2.71. The number of rotatable bonds is 2. The van der Waals surface area contributed by atoms with Gasteiger partial charge in [-0.2, -0.15) is 0 Å². The zero-order valence-electron chi connectivity index (χ0n) is 7.65. The molecule has 0 radical (unpaired) electrons. The number of aromatic carboxylic acids is 1. The lowest BCUT2D eigenvalue weighted by Gasteiger charge is -1.98. The van der Waals surface area contributed by atoms with Crippen molar-refractivity contribution in [1.29, 1.82) is 0 Å². The second kappa shape index (κ2) is 4.37. The molecule has 2 heterocycles. The van der Waals surface area contributed by atoms with Gasteiger partial charge in [-0.3, -0.25) is 4.98 Å². The summed E-state index contributed by atoms with van der Waals surface area (Å²) >= 11 is 12.6. The molecule has 0 bridgehead atoms. The van der Waals surface area contributed by atoms with Crippen molar-refractivity contribution in [3.63, 3.8) is 0 Å². The van der Waals surface area contributed by atoms with E-state index in [9.17, 15) is 4.79 Å². The lowest BCUT2D eigenvalue weighted by atomic mass is 10.3. The van der Waals surface area contributed by atoms with Crippen LogP contribution < -0.4 is 0 Å². The van der Waals surface area contributed by atoms with E-state index in [1.54, 1.807) is 0 Å². The molecule has 0 saturated carbocycles. The van der Waals surface area contributed by atoms with E-state index in [4.69, 9.17) is 28.3 Å². The molecule has 82 valence electrons. The fourth-order valence-corrected chi connectivity index (χ4v) is 2.35. The number of hydrogen-bond donors (Lipinski definition) is 1. The molecule has 4 nitrogen and oxygen atoms in total. The first kappa shape index (κ1) is 11.3. The molecule has 2 aromatic rings.